The van der Waals surface area contributed by atoms with Crippen molar-refractivity contribution in [2.24, 2.45) is 0 Å². The number of alkyl halides is 2. The second kappa shape index (κ2) is 5.39. The Morgan fingerprint density at radius 2 is 2.18 bits per heavy atom. The van der Waals surface area contributed by atoms with Gasteiger partial charge in [0, 0.05) is 19.1 Å². The van der Waals surface area contributed by atoms with Crippen LogP contribution in [0.15, 0.2) is 4.52 Å². The number of rotatable bonds is 4. The maximum absolute atomic E-state index is 12.3. The Bertz CT molecular complexity index is 350. The Morgan fingerprint density at radius 1 is 1.47 bits per heavy atom. The number of aromatic nitrogens is 2. The summed E-state index contributed by atoms with van der Waals surface area (Å²) in [5.74, 6) is -0.534. The molecule has 0 atom stereocenters. The van der Waals surface area contributed by atoms with Crippen molar-refractivity contribution in [3.8, 4) is 0 Å². The molecule has 2 heterocycles. The van der Waals surface area contributed by atoms with E-state index in [0.717, 1.165) is 32.5 Å². The van der Waals surface area contributed by atoms with Gasteiger partial charge in [-0.15, -0.1) is 0 Å². The average Bonchev–Trinajstić information content (AvgIpc) is 2.80. The van der Waals surface area contributed by atoms with Crippen molar-refractivity contribution in [3.63, 3.8) is 0 Å². The third-order valence-corrected chi connectivity index (χ3v) is 2.88. The third-order valence-electron chi connectivity index (χ3n) is 2.88. The molecule has 0 spiro atoms. The predicted molar refractivity (Wildman–Crippen MR) is 58.2 cm³/mol. The Hall–Kier alpha value is -1.24. The van der Waals surface area contributed by atoms with Gasteiger partial charge in [-0.3, -0.25) is 0 Å². The van der Waals surface area contributed by atoms with Gasteiger partial charge in [0.1, 0.15) is 0 Å². The first-order valence-corrected chi connectivity index (χ1v) is 5.80. The molecule has 96 valence electrons. The van der Waals surface area contributed by atoms with Crippen molar-refractivity contribution in [1.29, 1.82) is 0 Å². The molecule has 0 unspecified atom stereocenters. The molecule has 1 aliphatic heterocycles. The highest BCUT2D eigenvalue weighted by Crippen LogP contribution is 2.21. The summed E-state index contributed by atoms with van der Waals surface area (Å²) in [4.78, 5) is 5.54. The number of anilines is 1. The first-order chi connectivity index (χ1) is 8.20. The van der Waals surface area contributed by atoms with Crippen LogP contribution in [-0.4, -0.2) is 35.8 Å². The van der Waals surface area contributed by atoms with E-state index >= 15 is 0 Å². The highest BCUT2D eigenvalue weighted by atomic mass is 19.3. The van der Waals surface area contributed by atoms with Crippen LogP contribution >= 0.6 is 0 Å². The molecule has 0 saturated carbocycles. The van der Waals surface area contributed by atoms with E-state index in [0.29, 0.717) is 6.04 Å². The number of nitrogens with one attached hydrogen (secondary N) is 1. The van der Waals surface area contributed by atoms with Crippen LogP contribution in [-0.2, 0) is 0 Å². The standard InChI is InChI=1S/C10H16F2N4O/c1-2-13-7-3-5-16(6-4-7)10-14-9(8(11)12)15-17-10/h7-8,13H,2-6H2,1H3. The molecule has 1 aromatic rings. The van der Waals surface area contributed by atoms with Crippen LogP contribution in [0.1, 0.15) is 32.0 Å². The zero-order chi connectivity index (χ0) is 12.3. The predicted octanol–water partition coefficient (Wildman–Crippen LogP) is 1.59. The van der Waals surface area contributed by atoms with Crippen molar-refractivity contribution < 1.29 is 13.3 Å². The Kier molecular flexibility index (Phi) is 3.88. The second-order valence-corrected chi connectivity index (χ2v) is 4.05. The van der Waals surface area contributed by atoms with E-state index in [2.05, 4.69) is 22.4 Å². The second-order valence-electron chi connectivity index (χ2n) is 4.05. The average molecular weight is 246 g/mol. The quantitative estimate of drug-likeness (QED) is 0.874. The lowest BCUT2D eigenvalue weighted by Gasteiger charge is -2.30. The topological polar surface area (TPSA) is 54.2 Å². The molecule has 2 rings (SSSR count). The van der Waals surface area contributed by atoms with Crippen LogP contribution in [0.3, 0.4) is 0 Å². The van der Waals surface area contributed by atoms with E-state index in [1.54, 1.807) is 0 Å². The van der Waals surface area contributed by atoms with E-state index in [1.165, 1.54) is 0 Å². The maximum atomic E-state index is 12.3. The molecule has 0 bridgehead atoms. The molecule has 7 heteroatoms. The Balaban J connectivity index is 1.91. The molecular weight excluding hydrogens is 230 g/mol. The highest BCUT2D eigenvalue weighted by molar-refractivity contribution is 5.26. The van der Waals surface area contributed by atoms with Crippen LogP contribution < -0.4 is 10.2 Å². The summed E-state index contributed by atoms with van der Waals surface area (Å²) in [6.07, 6.45) is -0.757. The first-order valence-electron chi connectivity index (χ1n) is 5.80. The lowest BCUT2D eigenvalue weighted by Crippen LogP contribution is -2.42. The molecular formula is C10H16F2N4O. The molecule has 0 aliphatic carbocycles. The number of hydrogen-bond donors (Lipinski definition) is 1. The lowest BCUT2D eigenvalue weighted by atomic mass is 10.1. The molecule has 1 fully saturated rings. The molecule has 1 aromatic heterocycles. The fourth-order valence-electron chi connectivity index (χ4n) is 2.01. The van der Waals surface area contributed by atoms with E-state index in [-0.39, 0.29) is 6.01 Å². The largest absolute Gasteiger partial charge is 0.324 e. The van der Waals surface area contributed by atoms with Gasteiger partial charge in [0.2, 0.25) is 5.82 Å². The van der Waals surface area contributed by atoms with Crippen LogP contribution in [0.25, 0.3) is 0 Å². The summed E-state index contributed by atoms with van der Waals surface area (Å²) in [5.41, 5.74) is 0. The summed E-state index contributed by atoms with van der Waals surface area (Å²) >= 11 is 0. The molecule has 0 amide bonds. The summed E-state index contributed by atoms with van der Waals surface area (Å²) in [5, 5.41) is 6.62. The minimum Gasteiger partial charge on any atom is -0.324 e. The molecule has 5 nitrogen and oxygen atoms in total. The fraction of sp³-hybridized carbons (Fsp3) is 0.800. The van der Waals surface area contributed by atoms with E-state index in [1.807, 2.05) is 4.90 Å². The molecule has 1 saturated heterocycles. The monoisotopic (exact) mass is 246 g/mol. The van der Waals surface area contributed by atoms with Crippen LogP contribution in [0.5, 0.6) is 0 Å². The van der Waals surface area contributed by atoms with Crippen LogP contribution in [0, 0.1) is 0 Å². The van der Waals surface area contributed by atoms with E-state index < -0.39 is 12.2 Å². The van der Waals surface area contributed by atoms with Gasteiger partial charge in [-0.25, -0.2) is 8.78 Å². The van der Waals surface area contributed by atoms with Gasteiger partial charge < -0.3 is 14.7 Å². The molecule has 0 aromatic carbocycles. The smallest absolute Gasteiger partial charge is 0.324 e. The maximum Gasteiger partial charge on any atom is 0.324 e. The van der Waals surface area contributed by atoms with Gasteiger partial charge in [-0.1, -0.05) is 12.1 Å². The van der Waals surface area contributed by atoms with Gasteiger partial charge in [0.05, 0.1) is 0 Å². The van der Waals surface area contributed by atoms with Gasteiger partial charge in [-0.2, -0.15) is 4.98 Å². The molecule has 17 heavy (non-hydrogen) atoms. The zero-order valence-corrected chi connectivity index (χ0v) is 9.70. The summed E-state index contributed by atoms with van der Waals surface area (Å²) in [7, 11) is 0. The number of halogens is 2. The normalized spacial score (nSPS) is 18.0. The SMILES string of the molecule is CCNC1CCN(c2nc(C(F)F)no2)CC1. The van der Waals surface area contributed by atoms with Crippen molar-refractivity contribution in [2.75, 3.05) is 24.5 Å². The van der Waals surface area contributed by atoms with Crippen molar-refractivity contribution in [2.45, 2.75) is 32.2 Å². The third kappa shape index (κ3) is 2.91. The molecule has 1 N–H and O–H groups in total. The summed E-state index contributed by atoms with van der Waals surface area (Å²) < 4.78 is 29.4. The lowest BCUT2D eigenvalue weighted by molar-refractivity contribution is 0.136. The molecule has 0 radical (unpaired) electrons. The zero-order valence-electron chi connectivity index (χ0n) is 9.70. The minimum absolute atomic E-state index is 0.204. The van der Waals surface area contributed by atoms with Crippen LogP contribution in [0.4, 0.5) is 14.8 Å². The highest BCUT2D eigenvalue weighted by Gasteiger charge is 2.24. The van der Waals surface area contributed by atoms with Crippen molar-refractivity contribution in [1.82, 2.24) is 15.5 Å². The number of nitrogens with zero attached hydrogens (tertiary/aromatic N) is 3. The van der Waals surface area contributed by atoms with Gasteiger partial charge in [0.25, 0.3) is 0 Å². The van der Waals surface area contributed by atoms with Gasteiger partial charge in [0.15, 0.2) is 0 Å². The van der Waals surface area contributed by atoms with Crippen molar-refractivity contribution in [3.05, 3.63) is 5.82 Å². The van der Waals surface area contributed by atoms with E-state index in [9.17, 15) is 8.78 Å². The van der Waals surface area contributed by atoms with E-state index in [4.69, 9.17) is 4.52 Å². The van der Waals surface area contributed by atoms with Gasteiger partial charge in [-0.05, 0) is 19.4 Å². The molecule has 1 aliphatic rings. The number of hydrogen-bond acceptors (Lipinski definition) is 5. The number of piperidine rings is 1. The van der Waals surface area contributed by atoms with Gasteiger partial charge >= 0.3 is 12.4 Å². The minimum atomic E-state index is -2.67. The Labute approximate surface area is 98.2 Å². The van der Waals surface area contributed by atoms with Crippen LogP contribution in [0.2, 0.25) is 0 Å². The summed E-state index contributed by atoms with van der Waals surface area (Å²) in [6, 6.07) is 0.698. The van der Waals surface area contributed by atoms with Crippen molar-refractivity contribution >= 4 is 6.01 Å². The fourth-order valence-corrected chi connectivity index (χ4v) is 2.01. The Morgan fingerprint density at radius 3 is 2.71 bits per heavy atom. The first kappa shape index (κ1) is 12.2. The summed E-state index contributed by atoms with van der Waals surface area (Å²) in [6.45, 7) is 4.52.